The Hall–Kier alpha value is -1.59. The lowest BCUT2D eigenvalue weighted by Gasteiger charge is -2.29. The first kappa shape index (κ1) is 18.7. The Morgan fingerprint density at radius 2 is 1.96 bits per heavy atom. The summed E-state index contributed by atoms with van der Waals surface area (Å²) in [6, 6.07) is 0. The second-order valence-corrected chi connectivity index (χ2v) is 6.90. The van der Waals surface area contributed by atoms with E-state index in [-0.39, 0.29) is 0 Å². The van der Waals surface area contributed by atoms with Crippen LogP contribution in [0.4, 0.5) is 0 Å². The number of nitrogens with one attached hydrogen (secondary N) is 2. The molecule has 1 aliphatic carbocycles. The number of unbranched alkanes of at least 4 members (excludes halogenated alkanes) is 1. The van der Waals surface area contributed by atoms with Gasteiger partial charge >= 0.3 is 0 Å². The molecule has 0 amide bonds. The van der Waals surface area contributed by atoms with Crippen LogP contribution in [0, 0.1) is 11.8 Å². The van der Waals surface area contributed by atoms with Gasteiger partial charge in [-0.15, -0.1) is 0 Å². The minimum absolute atomic E-state index is 0.551. The largest absolute Gasteiger partial charge is 0.357 e. The summed E-state index contributed by atoms with van der Waals surface area (Å²) in [5.74, 6) is 3.51. The van der Waals surface area contributed by atoms with E-state index >= 15 is 0 Å². The molecule has 1 saturated carbocycles. The lowest BCUT2D eigenvalue weighted by Crippen LogP contribution is -2.40. The molecule has 1 fully saturated rings. The van der Waals surface area contributed by atoms with E-state index in [1.165, 1.54) is 44.9 Å². The van der Waals surface area contributed by atoms with Crippen LogP contribution in [0.3, 0.4) is 0 Å². The van der Waals surface area contributed by atoms with Crippen molar-refractivity contribution in [2.24, 2.45) is 23.9 Å². The van der Waals surface area contributed by atoms with Crippen LogP contribution in [-0.2, 0) is 13.6 Å². The van der Waals surface area contributed by atoms with E-state index in [2.05, 4.69) is 39.6 Å². The molecule has 6 nitrogen and oxygen atoms in total. The van der Waals surface area contributed by atoms with Crippen LogP contribution in [0.15, 0.2) is 11.3 Å². The fourth-order valence-electron chi connectivity index (χ4n) is 3.41. The molecule has 0 unspecified atom stereocenters. The monoisotopic (exact) mass is 334 g/mol. The molecule has 6 heteroatoms. The summed E-state index contributed by atoms with van der Waals surface area (Å²) in [6.07, 6.45) is 11.2. The summed E-state index contributed by atoms with van der Waals surface area (Å²) in [6.45, 7) is 6.83. The zero-order valence-corrected chi connectivity index (χ0v) is 15.6. The van der Waals surface area contributed by atoms with E-state index in [0.29, 0.717) is 6.54 Å². The number of hydrogen-bond donors (Lipinski definition) is 2. The van der Waals surface area contributed by atoms with E-state index in [1.807, 2.05) is 7.05 Å². The van der Waals surface area contributed by atoms with Crippen LogP contribution in [-0.4, -0.2) is 33.8 Å². The molecule has 0 radical (unpaired) electrons. The molecule has 1 aromatic rings. The molecular formula is C18H34N6. The number of aliphatic imine (C=N–C) groups is 1. The molecule has 0 bridgehead atoms. The van der Waals surface area contributed by atoms with Crippen molar-refractivity contribution >= 4 is 5.96 Å². The van der Waals surface area contributed by atoms with Crippen molar-refractivity contribution in [3.63, 3.8) is 0 Å². The van der Waals surface area contributed by atoms with E-state index in [4.69, 9.17) is 0 Å². The zero-order valence-electron chi connectivity index (χ0n) is 15.6. The maximum atomic E-state index is 4.63. The van der Waals surface area contributed by atoms with Gasteiger partial charge in [-0.1, -0.05) is 39.0 Å². The number of aryl methyl sites for hydroxylation is 1. The number of rotatable bonds is 8. The van der Waals surface area contributed by atoms with Crippen molar-refractivity contribution in [1.82, 2.24) is 25.4 Å². The Bertz CT molecular complexity index is 487. The van der Waals surface area contributed by atoms with Crippen molar-refractivity contribution < 1.29 is 0 Å². The summed E-state index contributed by atoms with van der Waals surface area (Å²) in [5.41, 5.74) is 0. The number of hydrogen-bond acceptors (Lipinski definition) is 3. The second kappa shape index (κ2) is 10.3. The van der Waals surface area contributed by atoms with Crippen LogP contribution in [0.2, 0.25) is 0 Å². The molecule has 2 N–H and O–H groups in total. The summed E-state index contributed by atoms with van der Waals surface area (Å²) in [5, 5.41) is 10.9. The van der Waals surface area contributed by atoms with Gasteiger partial charge in [0.15, 0.2) is 5.96 Å². The first-order valence-electron chi connectivity index (χ1n) is 9.58. The molecule has 0 aliphatic heterocycles. The standard InChI is InChI=1S/C18H34N6/c1-4-6-7-15-8-10-16(11-9-15)12-20-18(19-5-2)21-13-17-22-14-23-24(17)3/h14-16H,4-13H2,1-3H3,(H2,19,20,21). The number of guanidine groups is 1. The average molecular weight is 335 g/mol. The first-order valence-corrected chi connectivity index (χ1v) is 9.58. The maximum absolute atomic E-state index is 4.63. The Morgan fingerprint density at radius 1 is 1.21 bits per heavy atom. The smallest absolute Gasteiger partial charge is 0.191 e. The Labute approximate surface area is 146 Å². The van der Waals surface area contributed by atoms with Gasteiger partial charge in [0, 0.05) is 20.1 Å². The predicted molar refractivity (Wildman–Crippen MR) is 98.8 cm³/mol. The summed E-state index contributed by atoms with van der Waals surface area (Å²) in [7, 11) is 1.90. The Balaban J connectivity index is 1.74. The highest BCUT2D eigenvalue weighted by molar-refractivity contribution is 5.79. The van der Waals surface area contributed by atoms with Gasteiger partial charge in [0.05, 0.1) is 0 Å². The van der Waals surface area contributed by atoms with Crippen molar-refractivity contribution in [3.8, 4) is 0 Å². The normalized spacial score (nSPS) is 21.7. The molecule has 0 saturated heterocycles. The highest BCUT2D eigenvalue weighted by Crippen LogP contribution is 2.31. The molecule has 1 aliphatic rings. The highest BCUT2D eigenvalue weighted by atomic mass is 15.3. The lowest BCUT2D eigenvalue weighted by molar-refractivity contribution is 0.259. The van der Waals surface area contributed by atoms with Gasteiger partial charge in [-0.05, 0) is 31.6 Å². The van der Waals surface area contributed by atoms with Gasteiger partial charge in [0.25, 0.3) is 0 Å². The molecule has 0 spiro atoms. The molecule has 1 heterocycles. The van der Waals surface area contributed by atoms with Gasteiger partial charge in [0.1, 0.15) is 18.7 Å². The van der Waals surface area contributed by atoms with Crippen molar-refractivity contribution in [2.75, 3.05) is 13.1 Å². The van der Waals surface area contributed by atoms with Crippen LogP contribution in [0.25, 0.3) is 0 Å². The molecule has 0 aromatic carbocycles. The van der Waals surface area contributed by atoms with Gasteiger partial charge in [-0.2, -0.15) is 5.10 Å². The summed E-state index contributed by atoms with van der Waals surface area (Å²) >= 11 is 0. The molecule has 24 heavy (non-hydrogen) atoms. The van der Waals surface area contributed by atoms with Crippen molar-refractivity contribution in [1.29, 1.82) is 0 Å². The number of aromatic nitrogens is 3. The molecule has 136 valence electrons. The fourth-order valence-corrected chi connectivity index (χ4v) is 3.41. The van der Waals surface area contributed by atoms with Crippen LogP contribution < -0.4 is 10.6 Å². The third-order valence-electron chi connectivity index (χ3n) is 5.02. The molecular weight excluding hydrogens is 300 g/mol. The van der Waals surface area contributed by atoms with E-state index in [1.54, 1.807) is 11.0 Å². The fraction of sp³-hybridized carbons (Fsp3) is 0.833. The quantitative estimate of drug-likeness (QED) is 0.567. The Kier molecular flexibility index (Phi) is 8.05. The van der Waals surface area contributed by atoms with Gasteiger partial charge in [-0.3, -0.25) is 4.68 Å². The number of nitrogens with zero attached hydrogens (tertiary/aromatic N) is 4. The van der Waals surface area contributed by atoms with Crippen LogP contribution in [0.5, 0.6) is 0 Å². The minimum Gasteiger partial charge on any atom is -0.357 e. The summed E-state index contributed by atoms with van der Waals surface area (Å²) in [4.78, 5) is 8.85. The Morgan fingerprint density at radius 3 is 2.58 bits per heavy atom. The second-order valence-electron chi connectivity index (χ2n) is 6.90. The SMILES string of the molecule is CCCCC1CCC(CNC(=NCc2ncnn2C)NCC)CC1. The van der Waals surface area contributed by atoms with Gasteiger partial charge in [0.2, 0.25) is 0 Å². The predicted octanol–water partition coefficient (Wildman–Crippen LogP) is 2.87. The van der Waals surface area contributed by atoms with E-state index in [9.17, 15) is 0 Å². The van der Waals surface area contributed by atoms with E-state index < -0.39 is 0 Å². The third-order valence-corrected chi connectivity index (χ3v) is 5.02. The van der Waals surface area contributed by atoms with Gasteiger partial charge < -0.3 is 10.6 Å². The minimum atomic E-state index is 0.551. The molecule has 0 atom stereocenters. The van der Waals surface area contributed by atoms with Crippen molar-refractivity contribution in [3.05, 3.63) is 12.2 Å². The van der Waals surface area contributed by atoms with E-state index in [0.717, 1.165) is 36.7 Å². The maximum Gasteiger partial charge on any atom is 0.191 e. The lowest BCUT2D eigenvalue weighted by atomic mass is 9.80. The zero-order chi connectivity index (χ0) is 17.2. The third kappa shape index (κ3) is 6.13. The van der Waals surface area contributed by atoms with Crippen LogP contribution >= 0.6 is 0 Å². The summed E-state index contributed by atoms with van der Waals surface area (Å²) < 4.78 is 1.77. The van der Waals surface area contributed by atoms with Crippen LogP contribution in [0.1, 0.15) is 64.6 Å². The highest BCUT2D eigenvalue weighted by Gasteiger charge is 2.20. The average Bonchev–Trinajstić information content (AvgIpc) is 3.01. The first-order chi connectivity index (χ1) is 11.7. The molecule has 1 aromatic heterocycles. The van der Waals surface area contributed by atoms with Crippen molar-refractivity contribution in [2.45, 2.75) is 65.3 Å². The topological polar surface area (TPSA) is 67.1 Å². The molecule has 2 rings (SSSR count). The van der Waals surface area contributed by atoms with Gasteiger partial charge in [-0.25, -0.2) is 9.98 Å².